The van der Waals surface area contributed by atoms with E-state index in [9.17, 15) is 14.0 Å². The first kappa shape index (κ1) is 21.0. The molecule has 2 aromatic carbocycles. The third-order valence-electron chi connectivity index (χ3n) is 4.36. The van der Waals surface area contributed by atoms with Crippen LogP contribution in [0.25, 0.3) is 6.08 Å². The van der Waals surface area contributed by atoms with Gasteiger partial charge in [0.25, 0.3) is 11.8 Å². The Labute approximate surface area is 178 Å². The van der Waals surface area contributed by atoms with Crippen molar-refractivity contribution in [2.75, 3.05) is 4.90 Å². The van der Waals surface area contributed by atoms with E-state index in [4.69, 9.17) is 28.6 Å². The number of thiocarbonyl (C=S) groups is 1. The summed E-state index contributed by atoms with van der Waals surface area (Å²) in [7, 11) is 0. The lowest BCUT2D eigenvalue weighted by Crippen LogP contribution is -2.54. The molecule has 1 atom stereocenters. The van der Waals surface area contributed by atoms with E-state index in [1.54, 1.807) is 18.2 Å². The minimum absolute atomic E-state index is 0.00712. The van der Waals surface area contributed by atoms with Gasteiger partial charge in [-0.3, -0.25) is 19.8 Å². The Bertz CT molecular complexity index is 1010. The van der Waals surface area contributed by atoms with Crippen LogP contribution >= 0.6 is 23.8 Å². The third-order valence-corrected chi connectivity index (χ3v) is 4.94. The molecule has 29 heavy (non-hydrogen) atoms. The SMILES string of the molecule is CCC(C)Oc1ccc(/C=C2/C(=O)NC(=S)N(c3ccc(F)cc3)C2=O)cc1Cl. The van der Waals surface area contributed by atoms with E-state index >= 15 is 0 Å². The average molecular weight is 433 g/mol. The number of anilines is 1. The van der Waals surface area contributed by atoms with Gasteiger partial charge in [0, 0.05) is 0 Å². The minimum Gasteiger partial charge on any atom is -0.489 e. The van der Waals surface area contributed by atoms with Crippen LogP contribution < -0.4 is 15.0 Å². The number of hydrogen-bond donors (Lipinski definition) is 1. The fourth-order valence-electron chi connectivity index (χ4n) is 2.65. The molecule has 8 heteroatoms. The van der Waals surface area contributed by atoms with Crippen molar-refractivity contribution in [1.29, 1.82) is 0 Å². The van der Waals surface area contributed by atoms with Crippen LogP contribution in [0.3, 0.4) is 0 Å². The van der Waals surface area contributed by atoms with Crippen LogP contribution in [0.1, 0.15) is 25.8 Å². The minimum atomic E-state index is -0.616. The maximum absolute atomic E-state index is 13.2. The summed E-state index contributed by atoms with van der Waals surface area (Å²) in [5.74, 6) is -1.15. The topological polar surface area (TPSA) is 58.6 Å². The third kappa shape index (κ3) is 4.63. The van der Waals surface area contributed by atoms with Crippen LogP contribution in [-0.2, 0) is 9.59 Å². The molecular weight excluding hydrogens is 415 g/mol. The summed E-state index contributed by atoms with van der Waals surface area (Å²) < 4.78 is 18.9. The van der Waals surface area contributed by atoms with Crippen LogP contribution in [0.15, 0.2) is 48.0 Å². The predicted molar refractivity (Wildman–Crippen MR) is 114 cm³/mol. The van der Waals surface area contributed by atoms with Crippen molar-refractivity contribution in [2.24, 2.45) is 0 Å². The van der Waals surface area contributed by atoms with E-state index < -0.39 is 17.6 Å². The fraction of sp³-hybridized carbons (Fsp3) is 0.190. The van der Waals surface area contributed by atoms with Gasteiger partial charge in [-0.25, -0.2) is 4.39 Å². The number of hydrogen-bond acceptors (Lipinski definition) is 4. The van der Waals surface area contributed by atoms with Crippen molar-refractivity contribution in [3.63, 3.8) is 0 Å². The lowest BCUT2D eigenvalue weighted by molar-refractivity contribution is -0.122. The molecule has 0 saturated carbocycles. The highest BCUT2D eigenvalue weighted by Crippen LogP contribution is 2.29. The molecule has 1 heterocycles. The van der Waals surface area contributed by atoms with Gasteiger partial charge in [0.15, 0.2) is 5.11 Å². The molecule has 1 fully saturated rings. The van der Waals surface area contributed by atoms with E-state index in [1.807, 2.05) is 13.8 Å². The van der Waals surface area contributed by atoms with Crippen LogP contribution in [0, 0.1) is 5.82 Å². The van der Waals surface area contributed by atoms with Gasteiger partial charge in [-0.1, -0.05) is 24.6 Å². The number of ether oxygens (including phenoxy) is 1. The fourth-order valence-corrected chi connectivity index (χ4v) is 3.17. The molecular formula is C21H18ClFN2O3S. The Kier molecular flexibility index (Phi) is 6.30. The quantitative estimate of drug-likeness (QED) is 0.429. The molecule has 1 unspecified atom stereocenters. The molecule has 0 aliphatic carbocycles. The number of rotatable bonds is 5. The Morgan fingerprint density at radius 2 is 1.93 bits per heavy atom. The number of amides is 2. The summed E-state index contributed by atoms with van der Waals surface area (Å²) in [6.07, 6.45) is 2.26. The molecule has 150 valence electrons. The zero-order valence-electron chi connectivity index (χ0n) is 15.7. The van der Waals surface area contributed by atoms with Crippen LogP contribution in [0.5, 0.6) is 5.75 Å². The average Bonchev–Trinajstić information content (AvgIpc) is 2.68. The highest BCUT2D eigenvalue weighted by molar-refractivity contribution is 7.80. The van der Waals surface area contributed by atoms with Crippen LogP contribution in [0.2, 0.25) is 5.02 Å². The lowest BCUT2D eigenvalue weighted by atomic mass is 10.1. The summed E-state index contributed by atoms with van der Waals surface area (Å²) >= 11 is 11.4. The van der Waals surface area contributed by atoms with Crippen molar-refractivity contribution in [3.05, 3.63) is 64.4 Å². The van der Waals surface area contributed by atoms with Crippen LogP contribution in [-0.4, -0.2) is 23.0 Å². The lowest BCUT2D eigenvalue weighted by Gasteiger charge is -2.28. The summed E-state index contributed by atoms with van der Waals surface area (Å²) in [4.78, 5) is 26.4. The van der Waals surface area contributed by atoms with E-state index in [0.29, 0.717) is 22.0 Å². The summed E-state index contributed by atoms with van der Waals surface area (Å²) in [5, 5.41) is 2.78. The maximum Gasteiger partial charge on any atom is 0.270 e. The second-order valence-electron chi connectivity index (χ2n) is 6.46. The number of carbonyl (C=O) groups excluding carboxylic acids is 2. The van der Waals surface area contributed by atoms with Crippen molar-refractivity contribution in [3.8, 4) is 5.75 Å². The molecule has 2 aromatic rings. The zero-order chi connectivity index (χ0) is 21.1. The number of benzene rings is 2. The highest BCUT2D eigenvalue weighted by atomic mass is 35.5. The number of carbonyl (C=O) groups is 2. The first-order chi connectivity index (χ1) is 13.8. The maximum atomic E-state index is 13.2. The highest BCUT2D eigenvalue weighted by Gasteiger charge is 2.34. The summed E-state index contributed by atoms with van der Waals surface area (Å²) in [6.45, 7) is 3.94. The van der Waals surface area contributed by atoms with E-state index in [-0.39, 0.29) is 16.8 Å². The second-order valence-corrected chi connectivity index (χ2v) is 7.25. The predicted octanol–water partition coefficient (Wildman–Crippen LogP) is 4.49. The van der Waals surface area contributed by atoms with Crippen molar-refractivity contribution in [2.45, 2.75) is 26.4 Å². The molecule has 2 amide bonds. The van der Waals surface area contributed by atoms with Crippen molar-refractivity contribution < 1.29 is 18.7 Å². The molecule has 0 radical (unpaired) electrons. The standard InChI is InChI=1S/C21H18ClFN2O3S/c1-3-12(2)28-18-9-4-13(11-17(18)22)10-16-19(26)24-21(29)25(20(16)27)15-7-5-14(23)6-8-15/h4-12H,3H2,1-2H3,(H,24,26,29)/b16-10-. The molecule has 1 aliphatic rings. The normalized spacial score (nSPS) is 16.8. The molecule has 3 rings (SSSR count). The monoisotopic (exact) mass is 432 g/mol. The molecule has 1 saturated heterocycles. The first-order valence-electron chi connectivity index (χ1n) is 8.93. The Morgan fingerprint density at radius 3 is 2.55 bits per heavy atom. The van der Waals surface area contributed by atoms with Gasteiger partial charge in [-0.15, -0.1) is 0 Å². The van der Waals surface area contributed by atoms with Gasteiger partial charge in [0.1, 0.15) is 17.1 Å². The zero-order valence-corrected chi connectivity index (χ0v) is 17.3. The molecule has 0 bridgehead atoms. The first-order valence-corrected chi connectivity index (χ1v) is 9.72. The van der Waals surface area contributed by atoms with Gasteiger partial charge in [-0.2, -0.15) is 0 Å². The molecule has 1 aliphatic heterocycles. The van der Waals surface area contributed by atoms with Gasteiger partial charge in [0.2, 0.25) is 0 Å². The Hall–Kier alpha value is -2.77. The Balaban J connectivity index is 1.92. The van der Waals surface area contributed by atoms with E-state index in [2.05, 4.69) is 5.32 Å². The number of nitrogens with one attached hydrogen (secondary N) is 1. The smallest absolute Gasteiger partial charge is 0.270 e. The largest absolute Gasteiger partial charge is 0.489 e. The van der Waals surface area contributed by atoms with E-state index in [0.717, 1.165) is 11.3 Å². The number of halogens is 2. The van der Waals surface area contributed by atoms with Gasteiger partial charge < -0.3 is 4.74 Å². The van der Waals surface area contributed by atoms with Crippen molar-refractivity contribution >= 4 is 52.5 Å². The Morgan fingerprint density at radius 1 is 1.24 bits per heavy atom. The van der Waals surface area contributed by atoms with Crippen molar-refractivity contribution in [1.82, 2.24) is 5.32 Å². The van der Waals surface area contributed by atoms with Gasteiger partial charge >= 0.3 is 0 Å². The van der Waals surface area contributed by atoms with Crippen LogP contribution in [0.4, 0.5) is 10.1 Å². The molecule has 0 spiro atoms. The van der Waals surface area contributed by atoms with Gasteiger partial charge in [-0.05, 0) is 73.6 Å². The molecule has 0 aromatic heterocycles. The number of nitrogens with zero attached hydrogens (tertiary/aromatic N) is 1. The molecule has 1 N–H and O–H groups in total. The summed E-state index contributed by atoms with van der Waals surface area (Å²) in [6, 6.07) is 10.2. The summed E-state index contributed by atoms with van der Waals surface area (Å²) in [5.41, 5.74) is 0.786. The molecule has 5 nitrogen and oxygen atoms in total. The van der Waals surface area contributed by atoms with Gasteiger partial charge in [0.05, 0.1) is 16.8 Å². The van der Waals surface area contributed by atoms with E-state index in [1.165, 1.54) is 30.3 Å². The second kappa shape index (κ2) is 8.71.